The van der Waals surface area contributed by atoms with Crippen LogP contribution in [-0.4, -0.2) is 47.2 Å². The Morgan fingerprint density at radius 2 is 1.79 bits per heavy atom. The first-order valence-electron chi connectivity index (χ1n) is 11.8. The monoisotopic (exact) mass is 474 g/mol. The van der Waals surface area contributed by atoms with E-state index in [2.05, 4.69) is 46.0 Å². The number of benzene rings is 2. The van der Waals surface area contributed by atoms with Crippen molar-refractivity contribution in [3.63, 3.8) is 0 Å². The molecular formula is C27H27FN4OS. The van der Waals surface area contributed by atoms with E-state index in [9.17, 15) is 4.39 Å². The fourth-order valence-corrected chi connectivity index (χ4v) is 6.60. The standard InChI is InChI=1S/C27H27FN4OS/c1-17(19-4-3-5-23(12-19)33-2)31-14-21-10-11-22(15-31)32(21)27-26-24(29-16-30-27)13-25(34-26)18-6-8-20(28)9-7-18/h3-9,12-13,16-17,21-22H,10-11,14-15H2,1-2H3/t17-,21?,22?/m0/s1. The molecule has 0 amide bonds. The second-order valence-corrected chi connectivity index (χ2v) is 10.3. The van der Waals surface area contributed by atoms with Gasteiger partial charge in [0.25, 0.3) is 0 Å². The minimum absolute atomic E-state index is 0.219. The summed E-state index contributed by atoms with van der Waals surface area (Å²) in [7, 11) is 1.72. The van der Waals surface area contributed by atoms with Crippen LogP contribution in [-0.2, 0) is 0 Å². The summed E-state index contributed by atoms with van der Waals surface area (Å²) in [5.74, 6) is 1.73. The Labute approximate surface area is 202 Å². The quantitative estimate of drug-likeness (QED) is 0.359. The smallest absolute Gasteiger partial charge is 0.150 e. The first kappa shape index (κ1) is 21.5. The van der Waals surface area contributed by atoms with Gasteiger partial charge >= 0.3 is 0 Å². The van der Waals surface area contributed by atoms with E-state index in [1.807, 2.05) is 18.2 Å². The number of piperazine rings is 1. The van der Waals surface area contributed by atoms with Gasteiger partial charge in [-0.2, -0.15) is 0 Å². The fraction of sp³-hybridized carbons (Fsp3) is 0.333. The lowest BCUT2D eigenvalue weighted by atomic mass is 10.0. The molecule has 4 heterocycles. The summed E-state index contributed by atoms with van der Waals surface area (Å²) < 4.78 is 20.0. The van der Waals surface area contributed by atoms with Crippen molar-refractivity contribution < 1.29 is 9.13 Å². The zero-order valence-electron chi connectivity index (χ0n) is 19.3. The molecular weight excluding hydrogens is 447 g/mol. The van der Waals surface area contributed by atoms with Gasteiger partial charge in [-0.15, -0.1) is 11.3 Å². The van der Waals surface area contributed by atoms with E-state index >= 15 is 0 Å². The van der Waals surface area contributed by atoms with Crippen molar-refractivity contribution in [2.45, 2.75) is 37.9 Å². The van der Waals surface area contributed by atoms with Gasteiger partial charge in [0, 0.05) is 36.1 Å². The highest BCUT2D eigenvalue weighted by molar-refractivity contribution is 7.22. The summed E-state index contributed by atoms with van der Waals surface area (Å²) in [5.41, 5.74) is 3.26. The molecule has 2 aliphatic heterocycles. The van der Waals surface area contributed by atoms with Gasteiger partial charge in [-0.05, 0) is 61.2 Å². The normalized spacial score (nSPS) is 21.2. The zero-order chi connectivity index (χ0) is 23.2. The summed E-state index contributed by atoms with van der Waals surface area (Å²) in [6.07, 6.45) is 4.03. The number of thiophene rings is 1. The Morgan fingerprint density at radius 1 is 1.03 bits per heavy atom. The van der Waals surface area contributed by atoms with Crippen molar-refractivity contribution in [2.75, 3.05) is 25.1 Å². The first-order valence-corrected chi connectivity index (χ1v) is 12.6. The number of halogens is 1. The number of hydrogen-bond donors (Lipinski definition) is 0. The third-order valence-corrected chi connectivity index (χ3v) is 8.47. The van der Waals surface area contributed by atoms with Crippen molar-refractivity contribution in [1.82, 2.24) is 14.9 Å². The van der Waals surface area contributed by atoms with Crippen LogP contribution in [0.4, 0.5) is 10.2 Å². The van der Waals surface area contributed by atoms with Crippen molar-refractivity contribution in [3.05, 3.63) is 72.3 Å². The minimum atomic E-state index is -0.219. The molecule has 0 radical (unpaired) electrons. The molecule has 4 aromatic rings. The molecule has 0 saturated carbocycles. The third-order valence-electron chi connectivity index (χ3n) is 7.30. The molecule has 2 bridgehead atoms. The van der Waals surface area contributed by atoms with Crippen LogP contribution in [0.2, 0.25) is 0 Å². The van der Waals surface area contributed by atoms with Crippen LogP contribution in [0.25, 0.3) is 20.7 Å². The molecule has 34 heavy (non-hydrogen) atoms. The van der Waals surface area contributed by atoms with E-state index in [-0.39, 0.29) is 5.82 Å². The number of nitrogens with zero attached hydrogens (tertiary/aromatic N) is 4. The van der Waals surface area contributed by atoms with Crippen molar-refractivity contribution >= 4 is 27.4 Å². The molecule has 6 rings (SSSR count). The van der Waals surface area contributed by atoms with Crippen LogP contribution in [0.1, 0.15) is 31.4 Å². The predicted octanol–water partition coefficient (Wildman–Crippen LogP) is 5.92. The number of methoxy groups -OCH3 is 1. The molecule has 2 unspecified atom stereocenters. The molecule has 7 heteroatoms. The number of likely N-dealkylation sites (tertiary alicyclic amines) is 1. The van der Waals surface area contributed by atoms with Crippen molar-refractivity contribution in [3.8, 4) is 16.2 Å². The third kappa shape index (κ3) is 3.73. The molecule has 0 aliphatic carbocycles. The van der Waals surface area contributed by atoms with Gasteiger partial charge in [0.2, 0.25) is 0 Å². The van der Waals surface area contributed by atoms with Gasteiger partial charge in [-0.25, -0.2) is 14.4 Å². The summed E-state index contributed by atoms with van der Waals surface area (Å²) in [6, 6.07) is 18.4. The topological polar surface area (TPSA) is 41.5 Å². The number of aromatic nitrogens is 2. The summed E-state index contributed by atoms with van der Waals surface area (Å²) in [6.45, 7) is 4.31. The zero-order valence-corrected chi connectivity index (χ0v) is 20.1. The van der Waals surface area contributed by atoms with Gasteiger partial charge < -0.3 is 9.64 Å². The second-order valence-electron chi connectivity index (χ2n) is 9.23. The molecule has 5 nitrogen and oxygen atoms in total. The molecule has 174 valence electrons. The summed E-state index contributed by atoms with van der Waals surface area (Å²) >= 11 is 1.70. The second kappa shape index (κ2) is 8.64. The molecule has 0 spiro atoms. The van der Waals surface area contributed by atoms with E-state index in [1.165, 1.54) is 30.5 Å². The highest BCUT2D eigenvalue weighted by atomic mass is 32.1. The maximum Gasteiger partial charge on any atom is 0.150 e. The summed E-state index contributed by atoms with van der Waals surface area (Å²) in [4.78, 5) is 15.6. The average Bonchev–Trinajstić information content (AvgIpc) is 3.42. The van der Waals surface area contributed by atoms with Crippen LogP contribution >= 0.6 is 11.3 Å². The van der Waals surface area contributed by atoms with Crippen LogP contribution in [0.5, 0.6) is 5.75 Å². The van der Waals surface area contributed by atoms with Gasteiger partial charge in [-0.1, -0.05) is 24.3 Å². The molecule has 2 fully saturated rings. The molecule has 2 saturated heterocycles. The minimum Gasteiger partial charge on any atom is -0.497 e. The largest absolute Gasteiger partial charge is 0.497 e. The first-order chi connectivity index (χ1) is 16.6. The van der Waals surface area contributed by atoms with Crippen LogP contribution in [0.3, 0.4) is 0 Å². The number of ether oxygens (including phenoxy) is 1. The average molecular weight is 475 g/mol. The Bertz CT molecular complexity index is 1310. The van der Waals surface area contributed by atoms with Gasteiger partial charge in [0.1, 0.15) is 17.9 Å². The van der Waals surface area contributed by atoms with Crippen molar-refractivity contribution in [2.24, 2.45) is 0 Å². The molecule has 2 aliphatic rings. The van der Waals surface area contributed by atoms with Crippen molar-refractivity contribution in [1.29, 1.82) is 0 Å². The lowest BCUT2D eigenvalue weighted by Gasteiger charge is -2.44. The highest BCUT2D eigenvalue weighted by Crippen LogP contribution is 2.43. The number of fused-ring (bicyclic) bond motifs is 3. The van der Waals surface area contributed by atoms with Crippen LogP contribution in [0, 0.1) is 5.82 Å². The Morgan fingerprint density at radius 3 is 2.53 bits per heavy atom. The maximum atomic E-state index is 13.4. The molecule has 0 N–H and O–H groups in total. The van der Waals surface area contributed by atoms with Crippen LogP contribution in [0.15, 0.2) is 60.9 Å². The number of anilines is 1. The molecule has 2 aromatic heterocycles. The summed E-state index contributed by atoms with van der Waals surface area (Å²) in [5, 5.41) is 0. The van der Waals surface area contributed by atoms with Gasteiger partial charge in [0.15, 0.2) is 5.82 Å². The lowest BCUT2D eigenvalue weighted by Crippen LogP contribution is -2.54. The Balaban J connectivity index is 1.29. The maximum absolute atomic E-state index is 13.4. The van der Waals surface area contributed by atoms with E-state index in [0.29, 0.717) is 18.1 Å². The number of rotatable bonds is 5. The van der Waals surface area contributed by atoms with E-state index in [4.69, 9.17) is 9.72 Å². The van der Waals surface area contributed by atoms with Crippen LogP contribution < -0.4 is 9.64 Å². The van der Waals surface area contributed by atoms with Gasteiger partial charge in [-0.3, -0.25) is 4.90 Å². The van der Waals surface area contributed by atoms with E-state index in [1.54, 1.807) is 24.8 Å². The van der Waals surface area contributed by atoms with E-state index < -0.39 is 0 Å². The lowest BCUT2D eigenvalue weighted by molar-refractivity contribution is 0.167. The molecule has 3 atom stereocenters. The predicted molar refractivity (Wildman–Crippen MR) is 135 cm³/mol. The Kier molecular flexibility index (Phi) is 5.46. The fourth-order valence-electron chi connectivity index (χ4n) is 5.49. The molecule has 2 aromatic carbocycles. The van der Waals surface area contributed by atoms with Gasteiger partial charge in [0.05, 0.1) is 17.3 Å². The SMILES string of the molecule is COc1cccc([C@H](C)N2CC3CCC(C2)N3c2ncnc3cc(-c4ccc(F)cc4)sc23)c1. The Hall–Kier alpha value is -3.03. The highest BCUT2D eigenvalue weighted by Gasteiger charge is 2.42. The van der Waals surface area contributed by atoms with E-state index in [0.717, 1.165) is 45.3 Å². The number of hydrogen-bond acceptors (Lipinski definition) is 6.